The van der Waals surface area contributed by atoms with Crippen LogP contribution in [-0.2, 0) is 4.79 Å². The Hall–Kier alpha value is -3.78. The maximum Gasteiger partial charge on any atom is 0.266 e. The fraction of sp³-hybridized carbons (Fsp3) is 0.167. The Morgan fingerprint density at radius 1 is 1.07 bits per heavy atom. The summed E-state index contributed by atoms with van der Waals surface area (Å²) in [6, 6.07) is 16.4. The second-order valence-corrected chi connectivity index (χ2v) is 7.12. The zero-order valence-electron chi connectivity index (χ0n) is 16.9. The van der Waals surface area contributed by atoms with Gasteiger partial charge in [0.05, 0.1) is 0 Å². The van der Waals surface area contributed by atoms with Gasteiger partial charge in [-0.1, -0.05) is 17.7 Å². The minimum absolute atomic E-state index is 0.0129. The molecule has 0 fully saturated rings. The lowest BCUT2D eigenvalue weighted by atomic mass is 10.1. The number of amides is 1. The van der Waals surface area contributed by atoms with E-state index in [1.807, 2.05) is 26.0 Å². The van der Waals surface area contributed by atoms with E-state index in [0.29, 0.717) is 5.69 Å². The van der Waals surface area contributed by atoms with Gasteiger partial charge in [0.2, 0.25) is 0 Å². The minimum atomic E-state index is -0.491. The van der Waals surface area contributed by atoms with E-state index < -0.39 is 5.91 Å². The van der Waals surface area contributed by atoms with Gasteiger partial charge in [0, 0.05) is 22.8 Å². The Morgan fingerprint density at radius 3 is 2.38 bits per heavy atom. The van der Waals surface area contributed by atoms with Crippen LogP contribution in [0.5, 0.6) is 5.75 Å². The molecule has 0 radical (unpaired) electrons. The normalized spacial score (nSPS) is 11.2. The molecule has 3 rings (SSSR count). The van der Waals surface area contributed by atoms with Crippen molar-refractivity contribution in [1.29, 1.82) is 5.26 Å². The third-order valence-corrected chi connectivity index (χ3v) is 4.85. The molecule has 0 spiro atoms. The fourth-order valence-corrected chi connectivity index (χ4v) is 3.41. The number of phenols is 1. The van der Waals surface area contributed by atoms with Crippen molar-refractivity contribution in [3.63, 3.8) is 0 Å². The molecule has 146 valence electrons. The van der Waals surface area contributed by atoms with E-state index in [-0.39, 0.29) is 11.3 Å². The van der Waals surface area contributed by atoms with Gasteiger partial charge in [-0.3, -0.25) is 4.79 Å². The summed E-state index contributed by atoms with van der Waals surface area (Å²) in [5.41, 5.74) is 6.77. The maximum atomic E-state index is 12.5. The molecule has 29 heavy (non-hydrogen) atoms. The Bertz CT molecular complexity index is 1150. The molecule has 2 N–H and O–H groups in total. The van der Waals surface area contributed by atoms with Crippen molar-refractivity contribution in [3.05, 3.63) is 82.2 Å². The summed E-state index contributed by atoms with van der Waals surface area (Å²) in [5.74, 6) is -0.382. The third-order valence-electron chi connectivity index (χ3n) is 4.85. The minimum Gasteiger partial charge on any atom is -0.508 e. The van der Waals surface area contributed by atoms with E-state index in [0.717, 1.165) is 28.2 Å². The molecule has 0 aliphatic rings. The topological polar surface area (TPSA) is 78.0 Å². The number of phenolic OH excluding ortho intramolecular Hbond substituents is 1. The second kappa shape index (κ2) is 8.07. The molecule has 0 aliphatic carbocycles. The first kappa shape index (κ1) is 20.0. The molecule has 1 aromatic heterocycles. The standard InChI is InChI=1S/C24H23N3O2/c1-15-5-10-23(16(2)11-15)27-17(3)12-19(18(27)4)13-20(14-25)24(29)26-21-6-8-22(28)9-7-21/h5-13,28H,1-4H3,(H,26,29)/b20-13-. The summed E-state index contributed by atoms with van der Waals surface area (Å²) >= 11 is 0. The van der Waals surface area contributed by atoms with E-state index in [2.05, 4.69) is 41.9 Å². The van der Waals surface area contributed by atoms with Gasteiger partial charge < -0.3 is 15.0 Å². The summed E-state index contributed by atoms with van der Waals surface area (Å²) in [6.45, 7) is 8.12. The number of aromatic hydroxyl groups is 1. The molecule has 0 saturated heterocycles. The number of nitriles is 1. The zero-order chi connectivity index (χ0) is 21.1. The van der Waals surface area contributed by atoms with Crippen LogP contribution in [0.15, 0.2) is 54.1 Å². The van der Waals surface area contributed by atoms with E-state index in [1.165, 1.54) is 17.7 Å². The Labute approximate surface area is 170 Å². The van der Waals surface area contributed by atoms with Crippen molar-refractivity contribution in [2.75, 3.05) is 5.32 Å². The summed E-state index contributed by atoms with van der Waals surface area (Å²) in [4.78, 5) is 12.5. The molecule has 0 bridgehead atoms. The molecule has 0 unspecified atom stereocenters. The number of rotatable bonds is 4. The molecule has 0 saturated carbocycles. The number of aryl methyl sites for hydroxylation is 3. The number of hydrogen-bond donors (Lipinski definition) is 2. The van der Waals surface area contributed by atoms with Crippen LogP contribution in [0.2, 0.25) is 0 Å². The van der Waals surface area contributed by atoms with Gasteiger partial charge in [0.15, 0.2) is 0 Å². The molecule has 1 amide bonds. The highest BCUT2D eigenvalue weighted by atomic mass is 16.3. The van der Waals surface area contributed by atoms with Crippen molar-refractivity contribution in [1.82, 2.24) is 4.57 Å². The highest BCUT2D eigenvalue weighted by Gasteiger charge is 2.15. The Morgan fingerprint density at radius 2 is 1.76 bits per heavy atom. The van der Waals surface area contributed by atoms with E-state index in [4.69, 9.17) is 0 Å². The zero-order valence-corrected chi connectivity index (χ0v) is 16.9. The molecule has 1 heterocycles. The number of nitrogens with one attached hydrogen (secondary N) is 1. The van der Waals surface area contributed by atoms with Crippen LogP contribution in [0.4, 0.5) is 5.69 Å². The number of anilines is 1. The van der Waals surface area contributed by atoms with Gasteiger partial charge in [-0.25, -0.2) is 0 Å². The van der Waals surface area contributed by atoms with Crippen LogP contribution < -0.4 is 5.32 Å². The Balaban J connectivity index is 1.95. The summed E-state index contributed by atoms with van der Waals surface area (Å²) in [5, 5.41) is 21.5. The first-order chi connectivity index (χ1) is 13.8. The summed E-state index contributed by atoms with van der Waals surface area (Å²) < 4.78 is 2.13. The first-order valence-corrected chi connectivity index (χ1v) is 9.29. The lowest BCUT2D eigenvalue weighted by Gasteiger charge is -2.13. The van der Waals surface area contributed by atoms with E-state index in [1.54, 1.807) is 18.2 Å². The maximum absolute atomic E-state index is 12.5. The fourth-order valence-electron chi connectivity index (χ4n) is 3.41. The predicted octanol–water partition coefficient (Wildman–Crippen LogP) is 4.96. The number of carbonyl (C=O) groups excluding carboxylic acids is 1. The van der Waals surface area contributed by atoms with Crippen LogP contribution in [0.1, 0.15) is 28.1 Å². The smallest absolute Gasteiger partial charge is 0.266 e. The molecule has 3 aromatic rings. The molecular formula is C24H23N3O2. The van der Waals surface area contributed by atoms with Crippen molar-refractivity contribution < 1.29 is 9.90 Å². The largest absolute Gasteiger partial charge is 0.508 e. The highest BCUT2D eigenvalue weighted by Crippen LogP contribution is 2.25. The molecule has 0 atom stereocenters. The summed E-state index contributed by atoms with van der Waals surface area (Å²) in [7, 11) is 0. The SMILES string of the molecule is Cc1ccc(-n2c(C)cc(/C=C(/C#N)C(=O)Nc3ccc(O)cc3)c2C)c(C)c1. The number of aromatic nitrogens is 1. The monoisotopic (exact) mass is 385 g/mol. The van der Waals surface area contributed by atoms with Crippen LogP contribution >= 0.6 is 0 Å². The van der Waals surface area contributed by atoms with Gasteiger partial charge in [-0.2, -0.15) is 5.26 Å². The average Bonchev–Trinajstić information content (AvgIpc) is 2.95. The second-order valence-electron chi connectivity index (χ2n) is 7.12. The van der Waals surface area contributed by atoms with Gasteiger partial charge >= 0.3 is 0 Å². The van der Waals surface area contributed by atoms with Crippen LogP contribution in [0.25, 0.3) is 11.8 Å². The van der Waals surface area contributed by atoms with Crippen LogP contribution in [0.3, 0.4) is 0 Å². The van der Waals surface area contributed by atoms with E-state index in [9.17, 15) is 15.2 Å². The van der Waals surface area contributed by atoms with Crippen molar-refractivity contribution in [3.8, 4) is 17.5 Å². The molecule has 2 aromatic carbocycles. The number of hydrogen-bond acceptors (Lipinski definition) is 3. The van der Waals surface area contributed by atoms with Gasteiger partial charge in [0.1, 0.15) is 17.4 Å². The van der Waals surface area contributed by atoms with Crippen LogP contribution in [0, 0.1) is 39.0 Å². The number of benzene rings is 2. The summed E-state index contributed by atoms with van der Waals surface area (Å²) in [6.07, 6.45) is 1.61. The molecular weight excluding hydrogens is 362 g/mol. The van der Waals surface area contributed by atoms with Crippen molar-refractivity contribution in [2.45, 2.75) is 27.7 Å². The quantitative estimate of drug-likeness (QED) is 0.378. The van der Waals surface area contributed by atoms with Gasteiger partial charge in [0.25, 0.3) is 5.91 Å². The van der Waals surface area contributed by atoms with Gasteiger partial charge in [-0.05, 0) is 81.3 Å². The van der Waals surface area contributed by atoms with Crippen molar-refractivity contribution >= 4 is 17.7 Å². The number of carbonyl (C=O) groups is 1. The Kier molecular flexibility index (Phi) is 5.56. The lowest BCUT2D eigenvalue weighted by molar-refractivity contribution is -0.112. The van der Waals surface area contributed by atoms with Gasteiger partial charge in [-0.15, -0.1) is 0 Å². The molecule has 0 aliphatic heterocycles. The average molecular weight is 385 g/mol. The highest BCUT2D eigenvalue weighted by molar-refractivity contribution is 6.09. The molecule has 5 nitrogen and oxygen atoms in total. The first-order valence-electron chi connectivity index (χ1n) is 9.29. The third kappa shape index (κ3) is 4.22. The van der Waals surface area contributed by atoms with Crippen LogP contribution in [-0.4, -0.2) is 15.6 Å². The molecule has 5 heteroatoms. The van der Waals surface area contributed by atoms with Crippen molar-refractivity contribution in [2.24, 2.45) is 0 Å². The lowest BCUT2D eigenvalue weighted by Crippen LogP contribution is -2.13. The van der Waals surface area contributed by atoms with E-state index >= 15 is 0 Å². The predicted molar refractivity (Wildman–Crippen MR) is 115 cm³/mol. The number of nitrogens with zero attached hydrogens (tertiary/aromatic N) is 2.